The molecule has 0 aromatic carbocycles. The van der Waals surface area contributed by atoms with Crippen molar-refractivity contribution in [1.82, 2.24) is 0 Å². The highest BCUT2D eigenvalue weighted by atomic mass is 16.7. The lowest BCUT2D eigenvalue weighted by Gasteiger charge is -2.39. The molecule has 1 heterocycles. The van der Waals surface area contributed by atoms with Crippen LogP contribution in [0.1, 0.15) is 239 Å². The predicted octanol–water partition coefficient (Wildman–Crippen LogP) is 13.6. The highest BCUT2D eigenvalue weighted by Gasteiger charge is 2.44. The van der Waals surface area contributed by atoms with E-state index in [1.54, 1.807) is 0 Å². The van der Waals surface area contributed by atoms with Gasteiger partial charge in [-0.25, -0.2) is 0 Å². The van der Waals surface area contributed by atoms with Gasteiger partial charge in [0, 0.05) is 13.0 Å². The maximum absolute atomic E-state index is 12.9. The second-order valence-electron chi connectivity index (χ2n) is 18.7. The second-order valence-corrected chi connectivity index (χ2v) is 18.7. The summed E-state index contributed by atoms with van der Waals surface area (Å²) in [4.78, 5) is 12.9. The number of aliphatic hydroxyl groups excluding tert-OH is 4. The molecule has 65 heavy (non-hydrogen) atoms. The van der Waals surface area contributed by atoms with Crippen LogP contribution < -0.4 is 0 Å². The fraction of sp³-hybridized carbons (Fsp3) is 0.839. The molecule has 0 aliphatic carbocycles. The largest absolute Gasteiger partial charge is 0.457 e. The number of ether oxygens (including phenoxy) is 4. The predicted molar refractivity (Wildman–Crippen MR) is 270 cm³/mol. The van der Waals surface area contributed by atoms with E-state index in [9.17, 15) is 25.2 Å². The number of esters is 1. The monoisotopic (exact) mass is 919 g/mol. The third kappa shape index (κ3) is 37.8. The Morgan fingerprint density at radius 3 is 1.42 bits per heavy atom. The van der Waals surface area contributed by atoms with Crippen LogP contribution in [0.4, 0.5) is 0 Å². The summed E-state index contributed by atoms with van der Waals surface area (Å²) < 4.78 is 22.9. The van der Waals surface area contributed by atoms with Gasteiger partial charge in [-0.15, -0.1) is 0 Å². The first kappa shape index (κ1) is 61.2. The van der Waals surface area contributed by atoms with Crippen molar-refractivity contribution in [2.45, 2.75) is 275 Å². The molecule has 9 heteroatoms. The average Bonchev–Trinajstić information content (AvgIpc) is 3.31. The van der Waals surface area contributed by atoms with Gasteiger partial charge in [0.2, 0.25) is 0 Å². The molecule has 1 rings (SSSR count). The minimum absolute atomic E-state index is 0.114. The number of rotatable bonds is 47. The Bertz CT molecular complexity index is 1140. The first-order chi connectivity index (χ1) is 31.9. The van der Waals surface area contributed by atoms with Gasteiger partial charge in [0.1, 0.15) is 30.5 Å². The minimum atomic E-state index is -1.54. The zero-order valence-electron chi connectivity index (χ0n) is 42.0. The summed E-state index contributed by atoms with van der Waals surface area (Å²) in [7, 11) is 0. The Hall–Kier alpha value is -1.85. The highest BCUT2D eigenvalue weighted by Crippen LogP contribution is 2.23. The van der Waals surface area contributed by atoms with Gasteiger partial charge < -0.3 is 39.4 Å². The average molecular weight is 919 g/mol. The van der Waals surface area contributed by atoms with Crippen LogP contribution in [0.2, 0.25) is 0 Å². The van der Waals surface area contributed by atoms with Crippen LogP contribution >= 0.6 is 0 Å². The molecule has 1 aliphatic rings. The molecule has 0 bridgehead atoms. The maximum atomic E-state index is 12.9. The Balaban J connectivity index is 2.18. The number of unbranched alkanes of at least 4 members (excludes halogenated alkanes) is 28. The van der Waals surface area contributed by atoms with Crippen molar-refractivity contribution in [1.29, 1.82) is 0 Å². The Morgan fingerprint density at radius 2 is 0.938 bits per heavy atom. The van der Waals surface area contributed by atoms with Crippen molar-refractivity contribution >= 4 is 5.97 Å². The fourth-order valence-electron chi connectivity index (χ4n) is 8.31. The number of carbonyl (C=O) groups excluding carboxylic acids is 1. The maximum Gasteiger partial charge on any atom is 0.306 e. The quantitative estimate of drug-likeness (QED) is 0.0267. The lowest BCUT2D eigenvalue weighted by molar-refractivity contribution is -0.305. The van der Waals surface area contributed by atoms with Crippen molar-refractivity contribution in [3.8, 4) is 0 Å². The summed E-state index contributed by atoms with van der Waals surface area (Å²) in [6.07, 6.45) is 52.9. The zero-order chi connectivity index (χ0) is 47.1. The molecule has 0 spiro atoms. The van der Waals surface area contributed by atoms with E-state index in [0.29, 0.717) is 13.0 Å². The van der Waals surface area contributed by atoms with E-state index in [-0.39, 0.29) is 19.2 Å². The first-order valence-corrected chi connectivity index (χ1v) is 27.2. The number of carbonyl (C=O) groups is 1. The van der Waals surface area contributed by atoms with Crippen molar-refractivity contribution in [3.63, 3.8) is 0 Å². The fourth-order valence-corrected chi connectivity index (χ4v) is 8.31. The van der Waals surface area contributed by atoms with Gasteiger partial charge in [-0.3, -0.25) is 4.79 Å². The number of allylic oxidation sites excluding steroid dienone is 8. The standard InChI is InChI=1S/C56H102O9/c1-3-5-7-9-11-13-15-17-19-21-23-25-26-28-30-32-34-36-38-40-42-44-46-62-48-50(49-63-56-55(61)54(60)53(59)51(47-57)65-56)64-52(58)45-43-41-39-37-35-33-31-29-27-24-22-20-18-16-14-12-10-8-6-4-2/h5,7,11,13,17,19,23,25,50-51,53-57,59-61H,3-4,6,8-10,12,14-16,18,20-22,24,26-49H2,1-2H3/b7-5-,13-11-,19-17-,25-23-. The van der Waals surface area contributed by atoms with Gasteiger partial charge in [0.25, 0.3) is 0 Å². The molecule has 1 aliphatic heterocycles. The molecule has 1 fully saturated rings. The summed E-state index contributed by atoms with van der Waals surface area (Å²) in [5.74, 6) is -0.312. The normalized spacial score (nSPS) is 19.8. The first-order valence-electron chi connectivity index (χ1n) is 27.2. The SMILES string of the molecule is CC/C=C\C/C=C\C/C=C\C/C=C\CCCCCCCCCCCOCC(COC1OC(CO)C(O)C(O)C1O)OC(=O)CCCCCCCCCCCCCCCCCCCCCC. The van der Waals surface area contributed by atoms with Crippen molar-refractivity contribution in [3.05, 3.63) is 48.6 Å². The molecule has 6 atom stereocenters. The minimum Gasteiger partial charge on any atom is -0.457 e. The highest BCUT2D eigenvalue weighted by molar-refractivity contribution is 5.69. The van der Waals surface area contributed by atoms with E-state index in [0.717, 1.165) is 64.2 Å². The van der Waals surface area contributed by atoms with Crippen LogP contribution in [-0.2, 0) is 23.7 Å². The molecular formula is C56H102O9. The summed E-state index contributed by atoms with van der Waals surface area (Å²) >= 11 is 0. The van der Waals surface area contributed by atoms with Gasteiger partial charge in [-0.1, -0.05) is 229 Å². The molecule has 380 valence electrons. The number of hydrogen-bond acceptors (Lipinski definition) is 9. The third-order valence-electron chi connectivity index (χ3n) is 12.5. The van der Waals surface area contributed by atoms with Gasteiger partial charge >= 0.3 is 5.97 Å². The van der Waals surface area contributed by atoms with Crippen LogP contribution in [-0.4, -0.2) is 89.6 Å². The van der Waals surface area contributed by atoms with Gasteiger partial charge in [-0.2, -0.15) is 0 Å². The van der Waals surface area contributed by atoms with E-state index in [2.05, 4.69) is 62.5 Å². The third-order valence-corrected chi connectivity index (χ3v) is 12.5. The van der Waals surface area contributed by atoms with E-state index < -0.39 is 43.4 Å². The molecular weight excluding hydrogens is 817 g/mol. The van der Waals surface area contributed by atoms with Crippen LogP contribution in [0.3, 0.4) is 0 Å². The zero-order valence-corrected chi connectivity index (χ0v) is 42.0. The molecule has 4 N–H and O–H groups in total. The Kier molecular flexibility index (Phi) is 44.4. The van der Waals surface area contributed by atoms with Crippen LogP contribution in [0.5, 0.6) is 0 Å². The molecule has 0 aromatic rings. The van der Waals surface area contributed by atoms with Crippen LogP contribution in [0.25, 0.3) is 0 Å². The van der Waals surface area contributed by atoms with Crippen LogP contribution in [0, 0.1) is 0 Å². The molecule has 1 saturated heterocycles. The van der Waals surface area contributed by atoms with Crippen molar-refractivity contribution < 1.29 is 44.2 Å². The topological polar surface area (TPSA) is 135 Å². The molecule has 6 unspecified atom stereocenters. The van der Waals surface area contributed by atoms with Gasteiger partial charge in [0.15, 0.2) is 6.29 Å². The number of aliphatic hydroxyl groups is 4. The van der Waals surface area contributed by atoms with E-state index >= 15 is 0 Å². The molecule has 0 aromatic heterocycles. The summed E-state index contributed by atoms with van der Waals surface area (Å²) in [6, 6.07) is 0. The lowest BCUT2D eigenvalue weighted by Crippen LogP contribution is -2.59. The Labute approximate surface area is 399 Å². The summed E-state index contributed by atoms with van der Waals surface area (Å²) in [5, 5.41) is 40.3. The van der Waals surface area contributed by atoms with E-state index in [4.69, 9.17) is 18.9 Å². The number of hydrogen-bond donors (Lipinski definition) is 4. The van der Waals surface area contributed by atoms with Gasteiger partial charge in [-0.05, 0) is 51.4 Å². The smallest absolute Gasteiger partial charge is 0.306 e. The molecule has 0 radical (unpaired) electrons. The van der Waals surface area contributed by atoms with E-state index in [1.807, 2.05) is 0 Å². The second kappa shape index (κ2) is 47.2. The van der Waals surface area contributed by atoms with Crippen molar-refractivity contribution in [2.75, 3.05) is 26.4 Å². The van der Waals surface area contributed by atoms with E-state index in [1.165, 1.54) is 154 Å². The van der Waals surface area contributed by atoms with Crippen LogP contribution in [0.15, 0.2) is 48.6 Å². The van der Waals surface area contributed by atoms with Gasteiger partial charge in [0.05, 0.1) is 19.8 Å². The lowest BCUT2D eigenvalue weighted by atomic mass is 9.99. The van der Waals surface area contributed by atoms with Crippen molar-refractivity contribution in [2.24, 2.45) is 0 Å². The summed E-state index contributed by atoms with van der Waals surface area (Å²) in [5.41, 5.74) is 0. The summed E-state index contributed by atoms with van der Waals surface area (Å²) in [6.45, 7) is 4.47. The molecule has 0 amide bonds. The molecule has 9 nitrogen and oxygen atoms in total. The Morgan fingerprint density at radius 1 is 0.508 bits per heavy atom. The molecule has 0 saturated carbocycles.